The molecule has 0 unspecified atom stereocenters. The summed E-state index contributed by atoms with van der Waals surface area (Å²) in [5, 5.41) is 9.85. The van der Waals surface area contributed by atoms with Crippen LogP contribution < -0.4 is 10.6 Å². The Morgan fingerprint density at radius 1 is 1.41 bits per heavy atom. The molecule has 0 bridgehead atoms. The van der Waals surface area contributed by atoms with Gasteiger partial charge in [-0.2, -0.15) is 18.3 Å². The van der Waals surface area contributed by atoms with Crippen LogP contribution in [-0.2, 0) is 19.8 Å². The van der Waals surface area contributed by atoms with Crippen LogP contribution in [0.3, 0.4) is 0 Å². The highest BCUT2D eigenvalue weighted by Crippen LogP contribution is 2.30. The van der Waals surface area contributed by atoms with Gasteiger partial charge in [-0.25, -0.2) is 4.99 Å². The first-order valence-corrected chi connectivity index (χ1v) is 7.54. The number of hydrogen-bond acceptors (Lipinski definition) is 2. The van der Waals surface area contributed by atoms with Gasteiger partial charge in [-0.1, -0.05) is 12.8 Å². The van der Waals surface area contributed by atoms with Gasteiger partial charge in [-0.3, -0.25) is 4.68 Å². The van der Waals surface area contributed by atoms with E-state index < -0.39 is 11.9 Å². The SMILES string of the molecule is CCNC(=NCc1cn(C)nc1C(F)(F)F)NC1CCCC1. The maximum atomic E-state index is 12.9. The largest absolute Gasteiger partial charge is 0.435 e. The maximum Gasteiger partial charge on any atom is 0.435 e. The van der Waals surface area contributed by atoms with Crippen molar-refractivity contribution in [3.05, 3.63) is 17.5 Å². The molecule has 0 saturated heterocycles. The van der Waals surface area contributed by atoms with E-state index in [2.05, 4.69) is 20.7 Å². The summed E-state index contributed by atoms with van der Waals surface area (Å²) in [6.45, 7) is 2.54. The summed E-state index contributed by atoms with van der Waals surface area (Å²) in [4.78, 5) is 4.28. The Labute approximate surface area is 128 Å². The zero-order chi connectivity index (χ0) is 16.2. The molecule has 1 fully saturated rings. The van der Waals surface area contributed by atoms with Crippen LogP contribution in [0.2, 0.25) is 0 Å². The first-order valence-electron chi connectivity index (χ1n) is 7.54. The number of nitrogens with zero attached hydrogens (tertiary/aromatic N) is 3. The monoisotopic (exact) mass is 317 g/mol. The molecule has 1 aliphatic carbocycles. The first kappa shape index (κ1) is 16.6. The molecule has 0 aliphatic heterocycles. The molecule has 1 saturated carbocycles. The van der Waals surface area contributed by atoms with Crippen LogP contribution in [0, 0.1) is 0 Å². The van der Waals surface area contributed by atoms with Gasteiger partial charge in [0.2, 0.25) is 0 Å². The van der Waals surface area contributed by atoms with E-state index in [1.807, 2.05) is 6.92 Å². The number of aliphatic imine (C=N–C) groups is 1. The summed E-state index contributed by atoms with van der Waals surface area (Å²) in [5.74, 6) is 0.561. The Hall–Kier alpha value is -1.73. The Morgan fingerprint density at radius 3 is 2.68 bits per heavy atom. The van der Waals surface area contributed by atoms with Gasteiger partial charge in [-0.15, -0.1) is 0 Å². The van der Waals surface area contributed by atoms with Crippen LogP contribution in [0.25, 0.3) is 0 Å². The van der Waals surface area contributed by atoms with Gasteiger partial charge in [0.1, 0.15) is 0 Å². The second kappa shape index (κ2) is 7.02. The van der Waals surface area contributed by atoms with Crippen LogP contribution in [0.5, 0.6) is 0 Å². The standard InChI is InChI=1S/C14H22F3N5/c1-3-18-13(20-11-6-4-5-7-11)19-8-10-9-22(2)21-12(10)14(15,16)17/h9,11H,3-8H2,1-2H3,(H2,18,19,20). The zero-order valence-corrected chi connectivity index (χ0v) is 12.9. The van der Waals surface area contributed by atoms with Crippen LogP contribution in [-0.4, -0.2) is 28.3 Å². The molecule has 1 aromatic heterocycles. The normalized spacial score (nSPS) is 17.0. The number of hydrogen-bond donors (Lipinski definition) is 2. The molecule has 0 atom stereocenters. The summed E-state index contributed by atoms with van der Waals surface area (Å²) in [7, 11) is 1.48. The molecule has 0 radical (unpaired) electrons. The summed E-state index contributed by atoms with van der Waals surface area (Å²) < 4.78 is 39.9. The topological polar surface area (TPSA) is 54.2 Å². The first-order chi connectivity index (χ1) is 10.4. The molecule has 22 heavy (non-hydrogen) atoms. The van der Waals surface area contributed by atoms with Gasteiger partial charge in [-0.05, 0) is 19.8 Å². The average Bonchev–Trinajstić information content (AvgIpc) is 3.05. The van der Waals surface area contributed by atoms with E-state index in [4.69, 9.17) is 0 Å². The van der Waals surface area contributed by atoms with Gasteiger partial charge in [0.05, 0.1) is 6.54 Å². The average molecular weight is 317 g/mol. The predicted molar refractivity (Wildman–Crippen MR) is 78.4 cm³/mol. The second-order valence-corrected chi connectivity index (χ2v) is 5.50. The number of aryl methyl sites for hydroxylation is 1. The van der Waals surface area contributed by atoms with Crippen molar-refractivity contribution in [3.8, 4) is 0 Å². The summed E-state index contributed by atoms with van der Waals surface area (Å²) in [6, 6.07) is 0.355. The molecule has 0 amide bonds. The molecule has 5 nitrogen and oxygen atoms in total. The van der Waals surface area contributed by atoms with E-state index in [0.29, 0.717) is 18.5 Å². The van der Waals surface area contributed by atoms with Gasteiger partial charge in [0.15, 0.2) is 11.7 Å². The predicted octanol–water partition coefficient (Wildman–Crippen LogP) is 2.44. The van der Waals surface area contributed by atoms with E-state index in [-0.39, 0.29) is 12.1 Å². The molecule has 0 aromatic carbocycles. The Kier molecular flexibility index (Phi) is 5.31. The number of halogens is 3. The lowest BCUT2D eigenvalue weighted by atomic mass is 10.2. The Balaban J connectivity index is 2.09. The quantitative estimate of drug-likeness (QED) is 0.662. The highest BCUT2D eigenvalue weighted by molar-refractivity contribution is 5.80. The van der Waals surface area contributed by atoms with Crippen LogP contribution in [0.1, 0.15) is 43.9 Å². The van der Waals surface area contributed by atoms with Crippen molar-refractivity contribution in [1.29, 1.82) is 0 Å². The third-order valence-electron chi connectivity index (χ3n) is 3.62. The molecule has 8 heteroatoms. The molecule has 1 aromatic rings. The third-order valence-corrected chi connectivity index (χ3v) is 3.62. The Morgan fingerprint density at radius 2 is 2.09 bits per heavy atom. The number of rotatable bonds is 4. The van der Waals surface area contributed by atoms with E-state index in [0.717, 1.165) is 12.8 Å². The fraction of sp³-hybridized carbons (Fsp3) is 0.714. The summed E-state index contributed by atoms with van der Waals surface area (Å²) >= 11 is 0. The molecule has 1 heterocycles. The molecule has 124 valence electrons. The van der Waals surface area contributed by atoms with Crippen molar-refractivity contribution in [1.82, 2.24) is 20.4 Å². The lowest BCUT2D eigenvalue weighted by molar-refractivity contribution is -0.142. The minimum atomic E-state index is -4.46. The van der Waals surface area contributed by atoms with Crippen LogP contribution in [0.15, 0.2) is 11.2 Å². The molecular weight excluding hydrogens is 295 g/mol. The fourth-order valence-corrected chi connectivity index (χ4v) is 2.64. The van der Waals surface area contributed by atoms with Crippen LogP contribution in [0.4, 0.5) is 13.2 Å². The van der Waals surface area contributed by atoms with Crippen molar-refractivity contribution < 1.29 is 13.2 Å². The molecule has 2 rings (SSSR count). The summed E-state index contributed by atoms with van der Waals surface area (Å²) in [5.41, 5.74) is -0.783. The van der Waals surface area contributed by atoms with Gasteiger partial charge >= 0.3 is 6.18 Å². The van der Waals surface area contributed by atoms with Crippen molar-refractivity contribution in [2.45, 2.75) is 51.4 Å². The Bertz CT molecular complexity index is 515. The van der Waals surface area contributed by atoms with Crippen molar-refractivity contribution >= 4 is 5.96 Å². The lowest BCUT2D eigenvalue weighted by Crippen LogP contribution is -2.42. The number of alkyl halides is 3. The lowest BCUT2D eigenvalue weighted by Gasteiger charge is -2.16. The minimum absolute atomic E-state index is 0.0509. The van der Waals surface area contributed by atoms with Gasteiger partial charge < -0.3 is 10.6 Å². The highest BCUT2D eigenvalue weighted by Gasteiger charge is 2.36. The molecular formula is C14H22F3N5. The molecule has 2 N–H and O–H groups in total. The zero-order valence-electron chi connectivity index (χ0n) is 12.9. The van der Waals surface area contributed by atoms with Gasteiger partial charge in [0, 0.05) is 31.4 Å². The van der Waals surface area contributed by atoms with E-state index in [1.165, 1.54) is 30.8 Å². The smallest absolute Gasteiger partial charge is 0.357 e. The van der Waals surface area contributed by atoms with E-state index in [1.54, 1.807) is 0 Å². The number of nitrogens with one attached hydrogen (secondary N) is 2. The minimum Gasteiger partial charge on any atom is -0.357 e. The van der Waals surface area contributed by atoms with Gasteiger partial charge in [0.25, 0.3) is 0 Å². The van der Waals surface area contributed by atoms with Crippen LogP contribution >= 0.6 is 0 Å². The van der Waals surface area contributed by atoms with E-state index >= 15 is 0 Å². The fourth-order valence-electron chi connectivity index (χ4n) is 2.64. The maximum absolute atomic E-state index is 12.9. The van der Waals surface area contributed by atoms with Crippen molar-refractivity contribution in [3.63, 3.8) is 0 Å². The number of guanidine groups is 1. The third kappa shape index (κ3) is 4.38. The molecule has 0 spiro atoms. The summed E-state index contributed by atoms with van der Waals surface area (Å²) in [6.07, 6.45) is 1.42. The van der Waals surface area contributed by atoms with Crippen molar-refractivity contribution in [2.24, 2.45) is 12.0 Å². The molecule has 1 aliphatic rings. The number of aromatic nitrogens is 2. The second-order valence-electron chi connectivity index (χ2n) is 5.50. The highest BCUT2D eigenvalue weighted by atomic mass is 19.4. The van der Waals surface area contributed by atoms with Crippen molar-refractivity contribution in [2.75, 3.05) is 6.54 Å². The van der Waals surface area contributed by atoms with E-state index in [9.17, 15) is 13.2 Å².